The predicted octanol–water partition coefficient (Wildman–Crippen LogP) is -9.34. The third kappa shape index (κ3) is 10.7. The van der Waals surface area contributed by atoms with Gasteiger partial charge in [0.15, 0.2) is 25.2 Å². The van der Waals surface area contributed by atoms with Crippen LogP contribution in [0.3, 0.4) is 0 Å². The lowest BCUT2D eigenvalue weighted by molar-refractivity contribution is -0.381. The summed E-state index contributed by atoms with van der Waals surface area (Å²) in [4.78, 5) is 34.1. The average Bonchev–Trinajstić information content (AvgIpc) is 3.12. The van der Waals surface area contributed by atoms with Crippen molar-refractivity contribution >= 4 is 19.6 Å². The highest BCUT2D eigenvalue weighted by Crippen LogP contribution is 2.47. The van der Waals surface area contributed by atoms with Crippen molar-refractivity contribution in [1.29, 1.82) is 0 Å². The van der Waals surface area contributed by atoms with Gasteiger partial charge in [-0.3, -0.25) is 18.6 Å². The van der Waals surface area contributed by atoms with Gasteiger partial charge in [-0.05, 0) is 0 Å². The zero-order chi connectivity index (χ0) is 41.1. The third-order valence-corrected chi connectivity index (χ3v) is 10.2. The maximum atomic E-state index is 13.0. The fraction of sp³-hybridized carbons (Fsp3) is 0.929. The maximum absolute atomic E-state index is 13.0. The first-order chi connectivity index (χ1) is 25.7. The van der Waals surface area contributed by atoms with Gasteiger partial charge in [-0.2, -0.15) is 0 Å². The summed E-state index contributed by atoms with van der Waals surface area (Å²) in [5.41, 5.74) is 0. The molecule has 320 valence electrons. The Morgan fingerprint density at radius 2 is 1.04 bits per heavy atom. The Morgan fingerprint density at radius 1 is 0.564 bits per heavy atom. The van der Waals surface area contributed by atoms with Crippen molar-refractivity contribution in [3.63, 3.8) is 0 Å². The molecule has 0 aromatic rings. The summed E-state index contributed by atoms with van der Waals surface area (Å²) >= 11 is 0. The monoisotopic (exact) mass is 828 g/mol. The van der Waals surface area contributed by atoms with Gasteiger partial charge in [0.25, 0.3) is 0 Å². The number of hydrogen-bond acceptors (Lipinski definition) is 23. The van der Waals surface area contributed by atoms with E-state index in [0.717, 1.165) is 13.8 Å². The molecule has 1 unspecified atom stereocenters. The Morgan fingerprint density at radius 3 is 1.60 bits per heavy atom. The normalized spacial score (nSPS) is 46.4. The lowest BCUT2D eigenvalue weighted by Gasteiger charge is -2.48. The number of ether oxygens (including phenoxy) is 6. The van der Waals surface area contributed by atoms with Gasteiger partial charge in [-0.1, -0.05) is 0 Å². The van der Waals surface area contributed by atoms with E-state index in [-0.39, 0.29) is 0 Å². The van der Waals surface area contributed by atoms with Crippen LogP contribution in [0.2, 0.25) is 0 Å². The number of aliphatic hydroxyl groups excluding tert-OH is 12. The van der Waals surface area contributed by atoms with Crippen LogP contribution in [0, 0.1) is 0 Å². The SMILES string of the molecule is CC(=O)N[C@@H]1[C@@H](O[C@@H]2O[C@H](CO)[C@@H](O)[C@H](O)[C@H]2O[C@H]2O[C@H](COP(=O)(O)O[C@H]3O[C@H](CO)[C@@H](O)[C@H](O)[C@H]3NC(C)=O)[C@@H](O)[C@H](O)[C@H]2O)[C@H](O)[C@@H](CO)O[C@H]1O. The summed E-state index contributed by atoms with van der Waals surface area (Å²) in [5.74, 6) is -1.52. The van der Waals surface area contributed by atoms with Crippen LogP contribution in [0.1, 0.15) is 13.8 Å². The van der Waals surface area contributed by atoms with Crippen molar-refractivity contribution in [2.75, 3.05) is 26.4 Å². The minimum absolute atomic E-state index is 0.737. The number of phosphoric ester groups is 1. The van der Waals surface area contributed by atoms with Crippen LogP contribution in [0.25, 0.3) is 0 Å². The molecule has 4 aliphatic heterocycles. The molecule has 0 radical (unpaired) electrons. The van der Waals surface area contributed by atoms with E-state index in [9.17, 15) is 80.3 Å². The van der Waals surface area contributed by atoms with E-state index in [1.165, 1.54) is 0 Å². The molecule has 4 rings (SSSR count). The summed E-state index contributed by atoms with van der Waals surface area (Å²) in [6.07, 6.45) is -34.1. The molecule has 0 saturated carbocycles. The quantitative estimate of drug-likeness (QED) is 0.0723. The van der Waals surface area contributed by atoms with Crippen LogP contribution >= 0.6 is 7.82 Å². The number of rotatable bonds is 14. The van der Waals surface area contributed by atoms with Crippen molar-refractivity contribution in [1.82, 2.24) is 10.6 Å². The molecule has 21 atom stereocenters. The van der Waals surface area contributed by atoms with Gasteiger partial charge in [-0.25, -0.2) is 4.57 Å². The van der Waals surface area contributed by atoms with E-state index >= 15 is 0 Å². The molecular formula is C28H49N2O24P. The van der Waals surface area contributed by atoms with E-state index < -0.39 is 169 Å². The Labute approximate surface area is 311 Å². The number of nitrogens with one attached hydrogen (secondary N) is 2. The van der Waals surface area contributed by atoms with E-state index in [1.54, 1.807) is 0 Å². The van der Waals surface area contributed by atoms with Gasteiger partial charge >= 0.3 is 7.82 Å². The van der Waals surface area contributed by atoms with E-state index in [1.807, 2.05) is 0 Å². The smallest absolute Gasteiger partial charge is 0.394 e. The first-order valence-electron chi connectivity index (χ1n) is 16.8. The zero-order valence-corrected chi connectivity index (χ0v) is 30.0. The highest BCUT2D eigenvalue weighted by atomic mass is 31.2. The van der Waals surface area contributed by atoms with Crippen LogP contribution in [0.5, 0.6) is 0 Å². The number of amides is 2. The van der Waals surface area contributed by atoms with E-state index in [4.69, 9.17) is 37.5 Å². The Balaban J connectivity index is 1.52. The van der Waals surface area contributed by atoms with Crippen molar-refractivity contribution in [3.8, 4) is 0 Å². The fourth-order valence-electron chi connectivity index (χ4n) is 6.31. The maximum Gasteiger partial charge on any atom is 0.474 e. The highest BCUT2D eigenvalue weighted by Gasteiger charge is 2.55. The van der Waals surface area contributed by atoms with Gasteiger partial charge in [-0.15, -0.1) is 0 Å². The standard InChI is InChI=1S/C28H49N2O24P/c1-7(34)29-13-19(40)15(36)9(3-31)49-26(13)54-55(45,46)47-6-12-17(38)20(41)22(43)27(51-12)53-24-21(42)16(37)10(4-32)50-28(24)52-23-14(30-8(2)35)25(44)48-11(5-33)18(23)39/h9-28,31-33,36-44H,3-6H2,1-2H3,(H,29,34)(H,30,35)(H,45,46)/t9-,10-,11-,12-,13-,14-,15-,16-,17-,18-,19-,20+,21+,22-,23-,24-,25-,26-,27-,28+/m1/s1. The summed E-state index contributed by atoms with van der Waals surface area (Å²) in [5, 5.41) is 129. The summed E-state index contributed by atoms with van der Waals surface area (Å²) < 4.78 is 55.7. The average molecular weight is 829 g/mol. The molecule has 0 bridgehead atoms. The lowest BCUT2D eigenvalue weighted by Crippen LogP contribution is -2.68. The van der Waals surface area contributed by atoms with Crippen LogP contribution in [-0.4, -0.2) is 227 Å². The molecule has 15 N–H and O–H groups in total. The summed E-state index contributed by atoms with van der Waals surface area (Å²) in [7, 11) is -5.37. The van der Waals surface area contributed by atoms with Gasteiger partial charge < -0.3 is 105 Å². The molecule has 4 saturated heterocycles. The second-order valence-electron chi connectivity index (χ2n) is 13.2. The molecule has 27 heteroatoms. The Hall–Kier alpha value is -1.67. The van der Waals surface area contributed by atoms with Crippen molar-refractivity contribution in [2.45, 2.75) is 137 Å². The molecule has 0 aromatic carbocycles. The van der Waals surface area contributed by atoms with Crippen LogP contribution in [0.15, 0.2) is 0 Å². The second-order valence-corrected chi connectivity index (χ2v) is 14.6. The number of phosphoric acid groups is 1. The topological polar surface area (TPSA) is 412 Å². The first kappa shape index (κ1) is 46.0. The van der Waals surface area contributed by atoms with Crippen LogP contribution in [-0.2, 0) is 51.6 Å². The van der Waals surface area contributed by atoms with Crippen molar-refractivity contribution < 1.29 is 118 Å². The molecule has 2 amide bonds. The largest absolute Gasteiger partial charge is 0.474 e. The van der Waals surface area contributed by atoms with Crippen molar-refractivity contribution in [2.24, 2.45) is 0 Å². The number of aliphatic hydroxyl groups is 12. The molecule has 4 aliphatic rings. The number of hydrogen-bond donors (Lipinski definition) is 15. The van der Waals surface area contributed by atoms with Crippen LogP contribution < -0.4 is 10.6 Å². The van der Waals surface area contributed by atoms with Crippen LogP contribution in [0.4, 0.5) is 0 Å². The highest BCUT2D eigenvalue weighted by molar-refractivity contribution is 7.47. The third-order valence-electron chi connectivity index (χ3n) is 9.21. The van der Waals surface area contributed by atoms with E-state index in [2.05, 4.69) is 10.6 Å². The Kier molecular flexibility index (Phi) is 16.2. The molecule has 4 fully saturated rings. The minimum Gasteiger partial charge on any atom is -0.394 e. The minimum atomic E-state index is -5.37. The summed E-state index contributed by atoms with van der Waals surface area (Å²) in [6, 6.07) is -3.22. The van der Waals surface area contributed by atoms with Gasteiger partial charge in [0.2, 0.25) is 11.8 Å². The van der Waals surface area contributed by atoms with Gasteiger partial charge in [0.1, 0.15) is 97.5 Å². The summed E-state index contributed by atoms with van der Waals surface area (Å²) in [6.45, 7) is -1.76. The molecule has 4 heterocycles. The molecule has 55 heavy (non-hydrogen) atoms. The molecule has 0 aliphatic carbocycles. The zero-order valence-electron chi connectivity index (χ0n) is 29.1. The first-order valence-corrected chi connectivity index (χ1v) is 18.3. The lowest BCUT2D eigenvalue weighted by atomic mass is 9.95. The van der Waals surface area contributed by atoms with Gasteiger partial charge in [0.05, 0.1) is 26.4 Å². The molecule has 0 spiro atoms. The number of carbonyl (C=O) groups is 2. The molecular weight excluding hydrogens is 779 g/mol. The van der Waals surface area contributed by atoms with Crippen molar-refractivity contribution in [3.05, 3.63) is 0 Å². The second kappa shape index (κ2) is 19.4. The fourth-order valence-corrected chi connectivity index (χ4v) is 7.15. The Bertz CT molecular complexity index is 1320. The predicted molar refractivity (Wildman–Crippen MR) is 168 cm³/mol. The molecule has 26 nitrogen and oxygen atoms in total. The van der Waals surface area contributed by atoms with E-state index in [0.29, 0.717) is 0 Å². The molecule has 0 aromatic heterocycles. The number of carbonyl (C=O) groups excluding carboxylic acids is 2. The van der Waals surface area contributed by atoms with Gasteiger partial charge in [0, 0.05) is 13.8 Å².